The minimum Gasteiger partial charge on any atom is -0.378 e. The van der Waals surface area contributed by atoms with Crippen LogP contribution < -0.4 is 10.2 Å². The van der Waals surface area contributed by atoms with Gasteiger partial charge in [-0.3, -0.25) is 0 Å². The van der Waals surface area contributed by atoms with Crippen molar-refractivity contribution in [3.63, 3.8) is 0 Å². The van der Waals surface area contributed by atoms with Crippen molar-refractivity contribution in [1.82, 2.24) is 0 Å². The zero-order chi connectivity index (χ0) is 12.4. The van der Waals surface area contributed by atoms with Gasteiger partial charge in [-0.1, -0.05) is 0 Å². The molecule has 0 aliphatic carbocycles. The summed E-state index contributed by atoms with van der Waals surface area (Å²) in [4.78, 5) is 1.92. The average Bonchev–Trinajstić information content (AvgIpc) is 2.22. The first kappa shape index (κ1) is 12.2. The summed E-state index contributed by atoms with van der Waals surface area (Å²) in [6, 6.07) is 5.88. The van der Waals surface area contributed by atoms with E-state index in [1.807, 2.05) is 37.9 Å². The topological polar surface area (TPSA) is 24.5 Å². The normalized spacial score (nSPS) is 15.8. The van der Waals surface area contributed by atoms with Crippen LogP contribution in [0.5, 0.6) is 0 Å². The summed E-state index contributed by atoms with van der Waals surface area (Å²) in [5, 5.41) is 3.23. The number of rotatable bonds is 4. The Hall–Kier alpha value is -1.29. The van der Waals surface area contributed by atoms with Crippen molar-refractivity contribution in [2.75, 3.05) is 30.5 Å². The second-order valence-electron chi connectivity index (χ2n) is 4.75. The molecule has 1 aromatic carbocycles. The van der Waals surface area contributed by atoms with Crippen molar-refractivity contribution >= 4 is 11.4 Å². The summed E-state index contributed by atoms with van der Waals surface area (Å²) in [6.07, 6.45) is 0. The molecular formula is C13H19FN2O. The van der Waals surface area contributed by atoms with Crippen molar-refractivity contribution in [3.05, 3.63) is 24.0 Å². The van der Waals surface area contributed by atoms with E-state index in [0.717, 1.165) is 5.69 Å². The van der Waals surface area contributed by atoms with Gasteiger partial charge in [0.15, 0.2) is 0 Å². The van der Waals surface area contributed by atoms with Gasteiger partial charge >= 0.3 is 0 Å². The Bertz CT molecular complexity index is 391. The molecule has 0 atom stereocenters. The number of nitrogens with one attached hydrogen (secondary N) is 1. The predicted octanol–water partition coefficient (Wildman–Crippen LogP) is 2.48. The van der Waals surface area contributed by atoms with Gasteiger partial charge in [-0.25, -0.2) is 4.39 Å². The zero-order valence-electron chi connectivity index (χ0n) is 10.5. The summed E-state index contributed by atoms with van der Waals surface area (Å²) in [5.74, 6) is -0.188. The van der Waals surface area contributed by atoms with Gasteiger partial charge in [0, 0.05) is 18.8 Å². The largest absolute Gasteiger partial charge is 0.378 e. The summed E-state index contributed by atoms with van der Waals surface area (Å²) in [7, 11) is 1.90. The molecule has 1 aliphatic heterocycles. The van der Waals surface area contributed by atoms with Gasteiger partial charge in [-0.05, 0) is 32.0 Å². The summed E-state index contributed by atoms with van der Waals surface area (Å²) >= 11 is 0. The molecule has 94 valence electrons. The lowest BCUT2D eigenvalue weighted by Gasteiger charge is -2.28. The van der Waals surface area contributed by atoms with Crippen LogP contribution in [0.15, 0.2) is 18.2 Å². The Kier molecular flexibility index (Phi) is 3.52. The average molecular weight is 238 g/mol. The van der Waals surface area contributed by atoms with E-state index in [1.54, 1.807) is 6.07 Å². The first-order chi connectivity index (χ1) is 8.08. The molecule has 1 heterocycles. The van der Waals surface area contributed by atoms with E-state index in [4.69, 9.17) is 4.74 Å². The Morgan fingerprint density at radius 3 is 2.59 bits per heavy atom. The van der Waals surface area contributed by atoms with Crippen LogP contribution in [0, 0.1) is 5.82 Å². The molecule has 3 nitrogen and oxygen atoms in total. The molecule has 2 rings (SSSR count). The van der Waals surface area contributed by atoms with E-state index in [2.05, 4.69) is 5.32 Å². The van der Waals surface area contributed by atoms with Gasteiger partial charge < -0.3 is 15.0 Å². The molecule has 0 unspecified atom stereocenters. The number of hydrogen-bond acceptors (Lipinski definition) is 3. The highest BCUT2D eigenvalue weighted by atomic mass is 19.1. The molecule has 1 aromatic rings. The maximum Gasteiger partial charge on any atom is 0.148 e. The third-order valence-corrected chi connectivity index (χ3v) is 3.11. The quantitative estimate of drug-likeness (QED) is 0.872. The van der Waals surface area contributed by atoms with Crippen molar-refractivity contribution in [3.8, 4) is 0 Å². The first-order valence-corrected chi connectivity index (χ1v) is 5.94. The van der Waals surface area contributed by atoms with Crippen molar-refractivity contribution < 1.29 is 9.13 Å². The standard InChI is InChI=1S/C13H19FN2O/c1-9(2)16(3)13-5-4-10(6-12(13)14)15-11-7-17-8-11/h4-6,9,11,15H,7-8H2,1-3H3. The van der Waals surface area contributed by atoms with Gasteiger partial charge in [-0.2, -0.15) is 0 Å². The van der Waals surface area contributed by atoms with Crippen LogP contribution in [0.2, 0.25) is 0 Å². The fourth-order valence-corrected chi connectivity index (χ4v) is 1.72. The van der Waals surface area contributed by atoms with Gasteiger partial charge in [0.2, 0.25) is 0 Å². The van der Waals surface area contributed by atoms with Gasteiger partial charge in [0.05, 0.1) is 24.9 Å². The SMILES string of the molecule is CC(C)N(C)c1ccc(NC2COC2)cc1F. The number of ether oxygens (including phenoxy) is 1. The zero-order valence-corrected chi connectivity index (χ0v) is 10.5. The Morgan fingerprint density at radius 2 is 2.12 bits per heavy atom. The van der Waals surface area contributed by atoms with Crippen LogP contribution in [0.4, 0.5) is 15.8 Å². The maximum absolute atomic E-state index is 13.9. The molecule has 1 fully saturated rings. The number of anilines is 2. The smallest absolute Gasteiger partial charge is 0.148 e. The van der Waals surface area contributed by atoms with E-state index in [-0.39, 0.29) is 11.9 Å². The van der Waals surface area contributed by atoms with Crippen LogP contribution in [0.25, 0.3) is 0 Å². The van der Waals surface area contributed by atoms with E-state index in [0.29, 0.717) is 24.9 Å². The van der Waals surface area contributed by atoms with Crippen LogP contribution in [-0.2, 0) is 4.74 Å². The molecule has 0 aromatic heterocycles. The number of nitrogens with zero attached hydrogens (tertiary/aromatic N) is 1. The summed E-state index contributed by atoms with van der Waals surface area (Å²) in [6.45, 7) is 5.49. The predicted molar refractivity (Wildman–Crippen MR) is 68.2 cm³/mol. The van der Waals surface area contributed by atoms with E-state index in [9.17, 15) is 4.39 Å². The summed E-state index contributed by atoms with van der Waals surface area (Å²) < 4.78 is 19.0. The second-order valence-corrected chi connectivity index (χ2v) is 4.75. The van der Waals surface area contributed by atoms with Crippen molar-refractivity contribution in [2.45, 2.75) is 25.9 Å². The highest BCUT2D eigenvalue weighted by molar-refractivity contribution is 5.56. The second kappa shape index (κ2) is 4.92. The Morgan fingerprint density at radius 1 is 1.41 bits per heavy atom. The third-order valence-electron chi connectivity index (χ3n) is 3.11. The van der Waals surface area contributed by atoms with E-state index >= 15 is 0 Å². The van der Waals surface area contributed by atoms with E-state index < -0.39 is 0 Å². The lowest BCUT2D eigenvalue weighted by molar-refractivity contribution is 0.0211. The lowest BCUT2D eigenvalue weighted by Crippen LogP contribution is -2.40. The van der Waals surface area contributed by atoms with Crippen molar-refractivity contribution in [2.24, 2.45) is 0 Å². The monoisotopic (exact) mass is 238 g/mol. The number of benzene rings is 1. The molecule has 4 heteroatoms. The minimum absolute atomic E-state index is 0.188. The fourth-order valence-electron chi connectivity index (χ4n) is 1.72. The van der Waals surface area contributed by atoms with Crippen molar-refractivity contribution in [1.29, 1.82) is 0 Å². The van der Waals surface area contributed by atoms with Gasteiger partial charge in [-0.15, -0.1) is 0 Å². The molecule has 0 radical (unpaired) electrons. The van der Waals surface area contributed by atoms with Crippen LogP contribution in [0.3, 0.4) is 0 Å². The Balaban J connectivity index is 2.10. The number of halogens is 1. The molecule has 0 bridgehead atoms. The first-order valence-electron chi connectivity index (χ1n) is 5.94. The molecule has 1 aliphatic rings. The van der Waals surface area contributed by atoms with Crippen LogP contribution >= 0.6 is 0 Å². The third kappa shape index (κ3) is 2.69. The van der Waals surface area contributed by atoms with Crippen LogP contribution in [0.1, 0.15) is 13.8 Å². The molecule has 0 spiro atoms. The van der Waals surface area contributed by atoms with E-state index in [1.165, 1.54) is 0 Å². The molecular weight excluding hydrogens is 219 g/mol. The molecule has 0 saturated carbocycles. The van der Waals surface area contributed by atoms with Crippen LogP contribution in [-0.4, -0.2) is 32.3 Å². The van der Waals surface area contributed by atoms with Gasteiger partial charge in [0.25, 0.3) is 0 Å². The molecule has 1 N–H and O–H groups in total. The summed E-state index contributed by atoms with van der Waals surface area (Å²) in [5.41, 5.74) is 1.45. The Labute approximate surface area is 102 Å². The highest BCUT2D eigenvalue weighted by Gasteiger charge is 2.18. The minimum atomic E-state index is -0.188. The molecule has 17 heavy (non-hydrogen) atoms. The fraction of sp³-hybridized carbons (Fsp3) is 0.538. The number of hydrogen-bond donors (Lipinski definition) is 1. The van der Waals surface area contributed by atoms with Gasteiger partial charge in [0.1, 0.15) is 5.82 Å². The molecule has 1 saturated heterocycles. The highest BCUT2D eigenvalue weighted by Crippen LogP contribution is 2.24. The lowest BCUT2D eigenvalue weighted by atomic mass is 10.2. The maximum atomic E-state index is 13.9. The molecule has 0 amide bonds.